The highest BCUT2D eigenvalue weighted by Gasteiger charge is 2.10. The smallest absolute Gasteiger partial charge is 0.195 e. The minimum Gasteiger partial charge on any atom is -0.508 e. The Kier molecular flexibility index (Phi) is 2.35. The quantitative estimate of drug-likeness (QED) is 0.566. The molecule has 0 spiro atoms. The second kappa shape index (κ2) is 4.08. The average molecular weight is 280 g/mol. The molecular formula is C16H12N2OS. The normalized spacial score (nSPS) is 11.4. The lowest BCUT2D eigenvalue weighted by molar-refractivity contribution is 0.475. The van der Waals surface area contributed by atoms with Gasteiger partial charge in [-0.05, 0) is 36.8 Å². The Labute approximate surface area is 119 Å². The van der Waals surface area contributed by atoms with E-state index in [-0.39, 0.29) is 5.75 Å². The number of phenolic OH excluding ortho intramolecular Hbond substituents is 1. The number of thiazole rings is 1. The van der Waals surface area contributed by atoms with E-state index in [2.05, 4.69) is 34.5 Å². The van der Waals surface area contributed by atoms with Crippen LogP contribution < -0.4 is 0 Å². The monoisotopic (exact) mass is 280 g/mol. The summed E-state index contributed by atoms with van der Waals surface area (Å²) in [6, 6.07) is 13.6. The zero-order chi connectivity index (χ0) is 13.7. The minimum atomic E-state index is 0.263. The van der Waals surface area contributed by atoms with Crippen LogP contribution in [0.2, 0.25) is 0 Å². The van der Waals surface area contributed by atoms with Crippen LogP contribution >= 0.6 is 11.3 Å². The van der Waals surface area contributed by atoms with E-state index in [1.165, 1.54) is 15.8 Å². The molecule has 0 aliphatic carbocycles. The number of aromatic hydroxyl groups is 1. The van der Waals surface area contributed by atoms with Gasteiger partial charge in [-0.1, -0.05) is 29.5 Å². The van der Waals surface area contributed by atoms with Crippen molar-refractivity contribution in [1.29, 1.82) is 0 Å². The lowest BCUT2D eigenvalue weighted by Gasteiger charge is -1.97. The summed E-state index contributed by atoms with van der Waals surface area (Å²) in [4.78, 5) is 5.64. The Morgan fingerprint density at radius 3 is 2.90 bits per heavy atom. The first-order chi connectivity index (χ1) is 9.70. The van der Waals surface area contributed by atoms with Crippen molar-refractivity contribution in [2.24, 2.45) is 0 Å². The highest BCUT2D eigenvalue weighted by atomic mass is 32.1. The molecular weight excluding hydrogens is 268 g/mol. The number of hydrogen-bond acceptors (Lipinski definition) is 3. The van der Waals surface area contributed by atoms with Gasteiger partial charge in [0.15, 0.2) is 4.96 Å². The van der Waals surface area contributed by atoms with Gasteiger partial charge < -0.3 is 5.11 Å². The second-order valence-electron chi connectivity index (χ2n) is 4.90. The van der Waals surface area contributed by atoms with Gasteiger partial charge in [0, 0.05) is 11.8 Å². The summed E-state index contributed by atoms with van der Waals surface area (Å²) in [5.41, 5.74) is 4.24. The van der Waals surface area contributed by atoms with Gasteiger partial charge in [-0.2, -0.15) is 0 Å². The molecule has 0 radical (unpaired) electrons. The summed E-state index contributed by atoms with van der Waals surface area (Å²) in [7, 11) is 0. The molecule has 4 aromatic rings. The molecule has 98 valence electrons. The van der Waals surface area contributed by atoms with E-state index in [1.54, 1.807) is 23.5 Å². The Hall–Kier alpha value is -2.33. The molecule has 0 saturated carbocycles. The molecule has 3 nitrogen and oxygen atoms in total. The maximum absolute atomic E-state index is 9.58. The Morgan fingerprint density at radius 2 is 2.05 bits per heavy atom. The van der Waals surface area contributed by atoms with Crippen LogP contribution in [0.1, 0.15) is 5.56 Å². The molecule has 0 unspecified atom stereocenters. The van der Waals surface area contributed by atoms with Crippen molar-refractivity contribution in [3.63, 3.8) is 0 Å². The fraction of sp³-hybridized carbons (Fsp3) is 0.0625. The molecule has 2 aromatic heterocycles. The number of hydrogen-bond donors (Lipinski definition) is 1. The summed E-state index contributed by atoms with van der Waals surface area (Å²) >= 11 is 1.68. The standard InChI is InChI=1S/C16H12N2OS/c1-10-5-6-15-14(7-10)18-9-13(17-16(18)20-15)11-3-2-4-12(19)8-11/h2-9,19H,1H3. The van der Waals surface area contributed by atoms with Crippen molar-refractivity contribution in [2.75, 3.05) is 0 Å². The van der Waals surface area contributed by atoms with Crippen LogP contribution in [0.25, 0.3) is 26.4 Å². The summed E-state index contributed by atoms with van der Waals surface area (Å²) in [5, 5.41) is 9.58. The molecule has 0 amide bonds. The van der Waals surface area contributed by atoms with Crippen molar-refractivity contribution < 1.29 is 5.11 Å². The zero-order valence-corrected chi connectivity index (χ0v) is 11.7. The fourth-order valence-electron chi connectivity index (χ4n) is 2.41. The van der Waals surface area contributed by atoms with E-state index >= 15 is 0 Å². The number of aromatic nitrogens is 2. The topological polar surface area (TPSA) is 37.5 Å². The molecule has 4 rings (SSSR count). The summed E-state index contributed by atoms with van der Waals surface area (Å²) in [6.07, 6.45) is 2.03. The highest BCUT2D eigenvalue weighted by molar-refractivity contribution is 7.23. The molecule has 0 atom stereocenters. The third-order valence-electron chi connectivity index (χ3n) is 3.39. The molecule has 0 aliphatic heterocycles. The number of benzene rings is 2. The maximum Gasteiger partial charge on any atom is 0.195 e. The number of fused-ring (bicyclic) bond motifs is 3. The van der Waals surface area contributed by atoms with Crippen LogP contribution in [0.15, 0.2) is 48.7 Å². The number of rotatable bonds is 1. The van der Waals surface area contributed by atoms with Crippen molar-refractivity contribution in [3.8, 4) is 17.0 Å². The van der Waals surface area contributed by atoms with Crippen LogP contribution in [0.4, 0.5) is 0 Å². The summed E-state index contributed by atoms with van der Waals surface area (Å²) in [6.45, 7) is 2.09. The molecule has 4 heteroatoms. The van der Waals surface area contributed by atoms with Gasteiger partial charge in [0.2, 0.25) is 0 Å². The Morgan fingerprint density at radius 1 is 1.15 bits per heavy atom. The molecule has 2 aromatic carbocycles. The zero-order valence-electron chi connectivity index (χ0n) is 10.9. The van der Waals surface area contributed by atoms with Crippen molar-refractivity contribution in [3.05, 3.63) is 54.2 Å². The predicted molar refractivity (Wildman–Crippen MR) is 82.4 cm³/mol. The minimum absolute atomic E-state index is 0.263. The van der Waals surface area contributed by atoms with Gasteiger partial charge in [0.25, 0.3) is 0 Å². The number of aryl methyl sites for hydroxylation is 1. The molecule has 20 heavy (non-hydrogen) atoms. The van der Waals surface area contributed by atoms with E-state index in [0.29, 0.717) is 0 Å². The Bertz CT molecular complexity index is 936. The summed E-state index contributed by atoms with van der Waals surface area (Å²) < 4.78 is 3.35. The van der Waals surface area contributed by atoms with Gasteiger partial charge in [-0.3, -0.25) is 4.40 Å². The highest BCUT2D eigenvalue weighted by Crippen LogP contribution is 2.30. The summed E-state index contributed by atoms with van der Waals surface area (Å²) in [5.74, 6) is 0.263. The predicted octanol–water partition coefficient (Wildman–Crippen LogP) is 4.23. The van der Waals surface area contributed by atoms with Crippen LogP contribution in [0.3, 0.4) is 0 Å². The van der Waals surface area contributed by atoms with Crippen molar-refractivity contribution >= 4 is 26.5 Å². The van der Waals surface area contributed by atoms with Gasteiger partial charge in [0.05, 0.1) is 15.9 Å². The van der Waals surface area contributed by atoms with E-state index in [9.17, 15) is 5.11 Å². The van der Waals surface area contributed by atoms with Gasteiger partial charge >= 0.3 is 0 Å². The first-order valence-corrected chi connectivity index (χ1v) is 7.20. The van der Waals surface area contributed by atoms with Gasteiger partial charge in [-0.25, -0.2) is 4.98 Å². The number of imidazole rings is 1. The van der Waals surface area contributed by atoms with Crippen LogP contribution in [0, 0.1) is 6.92 Å². The first-order valence-electron chi connectivity index (χ1n) is 6.38. The lowest BCUT2D eigenvalue weighted by atomic mass is 10.1. The first kappa shape index (κ1) is 11.5. The van der Waals surface area contributed by atoms with Crippen LogP contribution in [-0.4, -0.2) is 14.5 Å². The largest absolute Gasteiger partial charge is 0.508 e. The second-order valence-corrected chi connectivity index (χ2v) is 5.91. The van der Waals surface area contributed by atoms with Crippen LogP contribution in [0.5, 0.6) is 5.75 Å². The molecule has 0 saturated heterocycles. The molecule has 1 N–H and O–H groups in total. The van der Waals surface area contributed by atoms with E-state index < -0.39 is 0 Å². The molecule has 2 heterocycles. The molecule has 0 bridgehead atoms. The number of phenols is 1. The fourth-order valence-corrected chi connectivity index (χ4v) is 3.40. The maximum atomic E-state index is 9.58. The third kappa shape index (κ3) is 1.69. The molecule has 0 fully saturated rings. The van der Waals surface area contributed by atoms with Gasteiger partial charge in [0.1, 0.15) is 5.75 Å². The van der Waals surface area contributed by atoms with Gasteiger partial charge in [-0.15, -0.1) is 0 Å². The molecule has 0 aliphatic rings. The van der Waals surface area contributed by atoms with Crippen molar-refractivity contribution in [2.45, 2.75) is 6.92 Å². The SMILES string of the molecule is Cc1ccc2sc3nc(-c4cccc(O)c4)cn3c2c1. The number of nitrogens with zero attached hydrogens (tertiary/aromatic N) is 2. The van der Waals surface area contributed by atoms with E-state index in [0.717, 1.165) is 16.2 Å². The van der Waals surface area contributed by atoms with Crippen molar-refractivity contribution in [1.82, 2.24) is 9.38 Å². The lowest BCUT2D eigenvalue weighted by Crippen LogP contribution is -1.79. The van der Waals surface area contributed by atoms with Crippen LogP contribution in [-0.2, 0) is 0 Å². The average Bonchev–Trinajstić information content (AvgIpc) is 2.97. The third-order valence-corrected chi connectivity index (χ3v) is 4.43. The van der Waals surface area contributed by atoms with E-state index in [4.69, 9.17) is 0 Å². The Balaban J connectivity index is 1.97. The van der Waals surface area contributed by atoms with E-state index in [1.807, 2.05) is 18.3 Å².